The van der Waals surface area contributed by atoms with Gasteiger partial charge in [-0.25, -0.2) is 9.67 Å². The van der Waals surface area contributed by atoms with E-state index in [4.69, 9.17) is 5.10 Å². The number of carbonyl (C=O) groups is 1. The molecule has 33 heavy (non-hydrogen) atoms. The molecule has 0 saturated heterocycles. The zero-order valence-corrected chi connectivity index (χ0v) is 19.0. The summed E-state index contributed by atoms with van der Waals surface area (Å²) in [5, 5.41) is 8.21. The SMILES string of the molecule is Cc1ccc(-c2nc(NC(=O)c3cn(-c4ccccc4)nc3-c3ccccc3)sc2C)nc1. The van der Waals surface area contributed by atoms with E-state index in [2.05, 4.69) is 15.3 Å². The summed E-state index contributed by atoms with van der Waals surface area (Å²) < 4.78 is 1.73. The van der Waals surface area contributed by atoms with Gasteiger partial charge in [0.1, 0.15) is 11.4 Å². The number of nitrogens with one attached hydrogen (secondary N) is 1. The van der Waals surface area contributed by atoms with Crippen molar-refractivity contribution < 1.29 is 4.79 Å². The Bertz CT molecular complexity index is 1410. The topological polar surface area (TPSA) is 72.7 Å². The van der Waals surface area contributed by atoms with E-state index in [-0.39, 0.29) is 5.91 Å². The molecule has 6 nitrogen and oxygen atoms in total. The quantitative estimate of drug-likeness (QED) is 0.360. The Hall–Kier alpha value is -4.10. The largest absolute Gasteiger partial charge is 0.298 e. The molecule has 0 radical (unpaired) electrons. The highest BCUT2D eigenvalue weighted by Gasteiger charge is 2.21. The lowest BCUT2D eigenvalue weighted by molar-refractivity contribution is 0.102. The van der Waals surface area contributed by atoms with E-state index in [1.807, 2.05) is 92.8 Å². The fourth-order valence-corrected chi connectivity index (χ4v) is 4.34. The number of anilines is 1. The Labute approximate surface area is 195 Å². The molecular weight excluding hydrogens is 430 g/mol. The summed E-state index contributed by atoms with van der Waals surface area (Å²) in [6, 6.07) is 23.4. The van der Waals surface area contributed by atoms with Gasteiger partial charge < -0.3 is 0 Å². The lowest BCUT2D eigenvalue weighted by Gasteiger charge is -2.02. The molecule has 0 aliphatic heterocycles. The number of pyridine rings is 1. The predicted molar refractivity (Wildman–Crippen MR) is 132 cm³/mol. The Morgan fingerprint density at radius 1 is 0.909 bits per heavy atom. The molecule has 0 unspecified atom stereocenters. The number of carbonyl (C=O) groups excluding carboxylic acids is 1. The van der Waals surface area contributed by atoms with Crippen molar-refractivity contribution in [3.63, 3.8) is 0 Å². The lowest BCUT2D eigenvalue weighted by atomic mass is 10.1. The summed E-state index contributed by atoms with van der Waals surface area (Å²) in [4.78, 5) is 23.4. The van der Waals surface area contributed by atoms with E-state index in [9.17, 15) is 4.79 Å². The molecule has 0 spiro atoms. The summed E-state index contributed by atoms with van der Waals surface area (Å²) in [7, 11) is 0. The van der Waals surface area contributed by atoms with Gasteiger partial charge in [0.2, 0.25) is 0 Å². The van der Waals surface area contributed by atoms with Crippen LogP contribution in [-0.4, -0.2) is 25.7 Å². The fourth-order valence-electron chi connectivity index (χ4n) is 3.52. The normalized spacial score (nSPS) is 10.8. The third-order valence-electron chi connectivity index (χ3n) is 5.20. The maximum atomic E-state index is 13.3. The molecule has 0 atom stereocenters. The molecule has 1 N–H and O–H groups in total. The van der Waals surface area contributed by atoms with E-state index in [1.165, 1.54) is 11.3 Å². The second kappa shape index (κ2) is 8.80. The van der Waals surface area contributed by atoms with Crippen LogP contribution in [0.4, 0.5) is 5.13 Å². The molecule has 2 aromatic carbocycles. The van der Waals surface area contributed by atoms with Gasteiger partial charge in [-0.2, -0.15) is 5.10 Å². The van der Waals surface area contributed by atoms with Gasteiger partial charge >= 0.3 is 0 Å². The number of hydrogen-bond donors (Lipinski definition) is 1. The summed E-state index contributed by atoms with van der Waals surface area (Å²) in [6.07, 6.45) is 3.58. The van der Waals surface area contributed by atoms with Crippen molar-refractivity contribution in [2.45, 2.75) is 13.8 Å². The van der Waals surface area contributed by atoms with Crippen LogP contribution in [0.2, 0.25) is 0 Å². The maximum Gasteiger partial charge on any atom is 0.261 e. The highest BCUT2D eigenvalue weighted by atomic mass is 32.1. The first-order chi connectivity index (χ1) is 16.1. The summed E-state index contributed by atoms with van der Waals surface area (Å²) in [5.41, 5.74) is 5.50. The molecule has 5 aromatic rings. The number of hydrogen-bond acceptors (Lipinski definition) is 5. The Morgan fingerprint density at radius 3 is 2.33 bits per heavy atom. The molecular formula is C26H21N5OS. The smallest absolute Gasteiger partial charge is 0.261 e. The van der Waals surface area contributed by atoms with E-state index >= 15 is 0 Å². The maximum absolute atomic E-state index is 13.3. The molecule has 0 fully saturated rings. The summed E-state index contributed by atoms with van der Waals surface area (Å²) in [6.45, 7) is 3.98. The highest BCUT2D eigenvalue weighted by Crippen LogP contribution is 2.30. The minimum Gasteiger partial charge on any atom is -0.298 e. The minimum atomic E-state index is -0.256. The van der Waals surface area contributed by atoms with Gasteiger partial charge in [-0.15, -0.1) is 11.3 Å². The van der Waals surface area contributed by atoms with Crippen LogP contribution in [0.5, 0.6) is 0 Å². The van der Waals surface area contributed by atoms with Gasteiger partial charge in [0, 0.05) is 22.8 Å². The van der Waals surface area contributed by atoms with Gasteiger partial charge in [0.25, 0.3) is 5.91 Å². The van der Waals surface area contributed by atoms with Crippen LogP contribution in [0.15, 0.2) is 85.2 Å². The number of amides is 1. The lowest BCUT2D eigenvalue weighted by Crippen LogP contribution is -2.12. The van der Waals surface area contributed by atoms with Crippen molar-refractivity contribution in [1.29, 1.82) is 0 Å². The van der Waals surface area contributed by atoms with Crippen molar-refractivity contribution in [3.05, 3.63) is 101 Å². The second-order valence-corrected chi connectivity index (χ2v) is 8.84. The van der Waals surface area contributed by atoms with Crippen LogP contribution in [0.25, 0.3) is 28.3 Å². The van der Waals surface area contributed by atoms with Gasteiger partial charge in [0.05, 0.1) is 16.9 Å². The van der Waals surface area contributed by atoms with Gasteiger partial charge in [-0.05, 0) is 37.6 Å². The van der Waals surface area contributed by atoms with E-state index in [0.717, 1.165) is 33.1 Å². The molecule has 162 valence electrons. The zero-order chi connectivity index (χ0) is 22.8. The van der Waals surface area contributed by atoms with Crippen molar-refractivity contribution in [3.8, 4) is 28.3 Å². The van der Waals surface area contributed by atoms with Crippen LogP contribution in [0.1, 0.15) is 20.8 Å². The standard InChI is InChI=1S/C26H21N5OS/c1-17-13-14-22(27-15-17)23-18(2)33-26(28-23)29-25(32)21-16-31(20-11-7-4-8-12-20)30-24(21)19-9-5-3-6-10-19/h3-16H,1-2H3,(H,28,29,32). The Morgan fingerprint density at radius 2 is 1.64 bits per heavy atom. The van der Waals surface area contributed by atoms with E-state index < -0.39 is 0 Å². The van der Waals surface area contributed by atoms with Gasteiger partial charge in [0.15, 0.2) is 5.13 Å². The van der Waals surface area contributed by atoms with Gasteiger partial charge in [-0.1, -0.05) is 54.6 Å². The average molecular weight is 452 g/mol. The summed E-state index contributed by atoms with van der Waals surface area (Å²) >= 11 is 1.43. The third kappa shape index (κ3) is 4.31. The molecule has 0 aliphatic carbocycles. The molecule has 3 aromatic heterocycles. The number of aromatic nitrogens is 4. The molecule has 1 amide bonds. The molecule has 5 rings (SSSR count). The average Bonchev–Trinajstić information content (AvgIpc) is 3.45. The van der Waals surface area contributed by atoms with Crippen LogP contribution in [-0.2, 0) is 0 Å². The number of rotatable bonds is 5. The number of nitrogens with zero attached hydrogens (tertiary/aromatic N) is 4. The predicted octanol–water partition coefficient (Wildman–Crippen LogP) is 5.93. The first-order valence-corrected chi connectivity index (χ1v) is 11.3. The van der Waals surface area contributed by atoms with Crippen molar-refractivity contribution in [2.24, 2.45) is 0 Å². The van der Waals surface area contributed by atoms with E-state index in [0.29, 0.717) is 16.4 Å². The van der Waals surface area contributed by atoms with Crippen LogP contribution < -0.4 is 5.32 Å². The fraction of sp³-hybridized carbons (Fsp3) is 0.0769. The Balaban J connectivity index is 1.49. The first-order valence-electron chi connectivity index (χ1n) is 10.5. The minimum absolute atomic E-state index is 0.256. The Kier molecular flexibility index (Phi) is 5.54. The van der Waals surface area contributed by atoms with Crippen LogP contribution in [0, 0.1) is 13.8 Å². The monoisotopic (exact) mass is 451 g/mol. The highest BCUT2D eigenvalue weighted by molar-refractivity contribution is 7.16. The molecule has 7 heteroatoms. The molecule has 0 saturated carbocycles. The van der Waals surface area contributed by atoms with Crippen LogP contribution in [0.3, 0.4) is 0 Å². The number of aryl methyl sites for hydroxylation is 2. The first kappa shape index (κ1) is 20.8. The molecule has 3 heterocycles. The van der Waals surface area contributed by atoms with Gasteiger partial charge in [-0.3, -0.25) is 15.1 Å². The molecule has 0 bridgehead atoms. The number of benzene rings is 2. The second-order valence-electron chi connectivity index (χ2n) is 7.64. The van der Waals surface area contributed by atoms with Crippen molar-refractivity contribution >= 4 is 22.4 Å². The molecule has 0 aliphatic rings. The van der Waals surface area contributed by atoms with Crippen molar-refractivity contribution in [1.82, 2.24) is 19.7 Å². The zero-order valence-electron chi connectivity index (χ0n) is 18.2. The number of para-hydroxylation sites is 1. The summed E-state index contributed by atoms with van der Waals surface area (Å²) in [5.74, 6) is -0.256. The van der Waals surface area contributed by atoms with Crippen LogP contribution >= 0.6 is 11.3 Å². The number of thiazole rings is 1. The van der Waals surface area contributed by atoms with E-state index in [1.54, 1.807) is 10.9 Å². The third-order valence-corrected chi connectivity index (χ3v) is 6.08. The van der Waals surface area contributed by atoms with Crippen molar-refractivity contribution in [2.75, 3.05) is 5.32 Å².